The van der Waals surface area contributed by atoms with E-state index in [1.165, 1.54) is 12.1 Å². The highest BCUT2D eigenvalue weighted by Crippen LogP contribution is 2.28. The van der Waals surface area contributed by atoms with E-state index in [4.69, 9.17) is 33.5 Å². The number of nitrogens with zero attached hydrogens (tertiary/aromatic N) is 3. The van der Waals surface area contributed by atoms with Crippen LogP contribution in [0, 0.1) is 0 Å². The van der Waals surface area contributed by atoms with Crippen molar-refractivity contribution >= 4 is 29.0 Å². The molecule has 5 nitrogen and oxygen atoms in total. The average Bonchev–Trinajstić information content (AvgIpc) is 2.56. The minimum absolute atomic E-state index is 0.186. The molecule has 2 rings (SSSR count). The van der Waals surface area contributed by atoms with Gasteiger partial charge < -0.3 is 10.3 Å². The molecular formula is C7H4Cl2N4O. The first-order chi connectivity index (χ1) is 6.66. The Hall–Kier alpha value is -1.33. The number of hydrogen-bond donors (Lipinski definition) is 1. The molecule has 0 saturated carbocycles. The molecule has 0 aliphatic heterocycles. The molecule has 0 atom stereocenters. The summed E-state index contributed by atoms with van der Waals surface area (Å²) in [6, 6.07) is 3.05. The van der Waals surface area contributed by atoms with Gasteiger partial charge in [-0.3, -0.25) is 0 Å². The van der Waals surface area contributed by atoms with Gasteiger partial charge in [0, 0.05) is 6.07 Å². The summed E-state index contributed by atoms with van der Waals surface area (Å²) in [5.74, 6) is 0.674. The monoisotopic (exact) mass is 230 g/mol. The van der Waals surface area contributed by atoms with Crippen LogP contribution in [-0.4, -0.2) is 15.4 Å². The molecule has 0 unspecified atom stereocenters. The highest BCUT2D eigenvalue weighted by atomic mass is 35.5. The van der Waals surface area contributed by atoms with Crippen LogP contribution in [0.3, 0.4) is 0 Å². The lowest BCUT2D eigenvalue weighted by Gasteiger charge is -1.96. The number of aromatic nitrogens is 3. The fourth-order valence-corrected chi connectivity index (χ4v) is 1.27. The highest BCUT2D eigenvalue weighted by Gasteiger charge is 2.11. The molecule has 0 amide bonds. The summed E-state index contributed by atoms with van der Waals surface area (Å²) >= 11 is 11.4. The van der Waals surface area contributed by atoms with Crippen molar-refractivity contribution in [2.24, 2.45) is 0 Å². The molecule has 0 aliphatic rings. The first kappa shape index (κ1) is 9.23. The molecule has 0 saturated heterocycles. The molecule has 72 valence electrons. The molecule has 0 bridgehead atoms. The van der Waals surface area contributed by atoms with E-state index in [-0.39, 0.29) is 16.1 Å². The lowest BCUT2D eigenvalue weighted by molar-refractivity contribution is 0.435. The van der Waals surface area contributed by atoms with Crippen LogP contribution in [-0.2, 0) is 0 Å². The molecule has 2 N–H and O–H groups in total. The second-order valence-corrected chi connectivity index (χ2v) is 3.23. The molecule has 0 aliphatic carbocycles. The standard InChI is InChI=1S/C7H4Cl2N4O/c8-5-1-3(7(9)12-11-5)4-2-6(10)13-14-4/h1-2H,(H2,10,13). The summed E-state index contributed by atoms with van der Waals surface area (Å²) in [7, 11) is 0. The van der Waals surface area contributed by atoms with Crippen molar-refractivity contribution < 1.29 is 4.52 Å². The van der Waals surface area contributed by atoms with E-state index in [2.05, 4.69) is 15.4 Å². The minimum atomic E-state index is 0.186. The van der Waals surface area contributed by atoms with Gasteiger partial charge in [0.05, 0.1) is 5.56 Å². The molecule has 0 aromatic carbocycles. The van der Waals surface area contributed by atoms with E-state index in [1.807, 2.05) is 0 Å². The van der Waals surface area contributed by atoms with Gasteiger partial charge >= 0.3 is 0 Å². The zero-order chi connectivity index (χ0) is 10.1. The van der Waals surface area contributed by atoms with Crippen molar-refractivity contribution in [2.75, 3.05) is 5.73 Å². The molecule has 14 heavy (non-hydrogen) atoms. The van der Waals surface area contributed by atoms with Crippen LogP contribution in [0.4, 0.5) is 5.82 Å². The van der Waals surface area contributed by atoms with Gasteiger partial charge in [0.15, 0.2) is 21.9 Å². The molecule has 0 fully saturated rings. The largest absolute Gasteiger partial charge is 0.381 e. The smallest absolute Gasteiger partial charge is 0.172 e. The number of halogens is 2. The van der Waals surface area contributed by atoms with E-state index in [9.17, 15) is 0 Å². The van der Waals surface area contributed by atoms with Gasteiger partial charge in [0.25, 0.3) is 0 Å². The van der Waals surface area contributed by atoms with E-state index < -0.39 is 0 Å². The molecule has 2 heterocycles. The van der Waals surface area contributed by atoms with Crippen molar-refractivity contribution in [2.45, 2.75) is 0 Å². The lowest BCUT2D eigenvalue weighted by Crippen LogP contribution is -1.86. The van der Waals surface area contributed by atoms with Crippen molar-refractivity contribution in [3.05, 3.63) is 22.4 Å². The normalized spacial score (nSPS) is 10.4. The molecule has 0 radical (unpaired) electrons. The summed E-state index contributed by atoms with van der Waals surface area (Å²) in [5.41, 5.74) is 5.90. The topological polar surface area (TPSA) is 77.8 Å². The van der Waals surface area contributed by atoms with Crippen LogP contribution >= 0.6 is 23.2 Å². The molecule has 2 aromatic heterocycles. The quantitative estimate of drug-likeness (QED) is 0.812. The Morgan fingerprint density at radius 2 is 2.00 bits per heavy atom. The number of anilines is 1. The zero-order valence-electron chi connectivity index (χ0n) is 6.74. The van der Waals surface area contributed by atoms with Gasteiger partial charge in [-0.1, -0.05) is 28.4 Å². The SMILES string of the molecule is Nc1cc(-c2cc(Cl)nnc2Cl)on1. The first-order valence-corrected chi connectivity index (χ1v) is 4.33. The summed E-state index contributed by atoms with van der Waals surface area (Å²) < 4.78 is 4.90. The summed E-state index contributed by atoms with van der Waals surface area (Å²) in [4.78, 5) is 0. The lowest BCUT2D eigenvalue weighted by atomic mass is 10.2. The second kappa shape index (κ2) is 3.43. The Labute approximate surface area is 88.8 Å². The number of rotatable bonds is 1. The van der Waals surface area contributed by atoms with Crippen molar-refractivity contribution in [1.82, 2.24) is 15.4 Å². The van der Waals surface area contributed by atoms with Crippen molar-refractivity contribution in [3.63, 3.8) is 0 Å². The van der Waals surface area contributed by atoms with Crippen LogP contribution < -0.4 is 5.73 Å². The van der Waals surface area contributed by atoms with E-state index in [0.29, 0.717) is 11.3 Å². The third-order valence-corrected chi connectivity index (χ3v) is 1.98. The molecule has 7 heteroatoms. The molecule has 0 spiro atoms. The highest BCUT2D eigenvalue weighted by molar-refractivity contribution is 6.33. The average molecular weight is 231 g/mol. The van der Waals surface area contributed by atoms with Crippen LogP contribution in [0.25, 0.3) is 11.3 Å². The van der Waals surface area contributed by atoms with Gasteiger partial charge in [-0.05, 0) is 6.07 Å². The Kier molecular flexibility index (Phi) is 2.26. The Morgan fingerprint density at radius 1 is 1.21 bits per heavy atom. The van der Waals surface area contributed by atoms with E-state index in [0.717, 1.165) is 0 Å². The van der Waals surface area contributed by atoms with Crippen LogP contribution in [0.1, 0.15) is 0 Å². The van der Waals surface area contributed by atoms with Gasteiger partial charge in [-0.15, -0.1) is 10.2 Å². The van der Waals surface area contributed by atoms with Gasteiger partial charge in [0.2, 0.25) is 0 Å². The maximum Gasteiger partial charge on any atom is 0.172 e. The summed E-state index contributed by atoms with van der Waals surface area (Å²) in [6.45, 7) is 0. The van der Waals surface area contributed by atoms with Crippen molar-refractivity contribution in [1.29, 1.82) is 0 Å². The third-order valence-electron chi connectivity index (χ3n) is 1.51. The minimum Gasteiger partial charge on any atom is -0.381 e. The fraction of sp³-hybridized carbons (Fsp3) is 0. The maximum absolute atomic E-state index is 5.78. The van der Waals surface area contributed by atoms with E-state index in [1.54, 1.807) is 0 Å². The first-order valence-electron chi connectivity index (χ1n) is 3.58. The number of nitrogen functional groups attached to an aromatic ring is 1. The fourth-order valence-electron chi connectivity index (χ4n) is 0.942. The Balaban J connectivity index is 2.55. The van der Waals surface area contributed by atoms with Crippen molar-refractivity contribution in [3.8, 4) is 11.3 Å². The summed E-state index contributed by atoms with van der Waals surface area (Å²) in [5, 5.41) is 11.1. The zero-order valence-corrected chi connectivity index (χ0v) is 8.25. The maximum atomic E-state index is 5.78. The van der Waals surface area contributed by atoms with Gasteiger partial charge in [-0.2, -0.15) is 0 Å². The van der Waals surface area contributed by atoms with Crippen LogP contribution in [0.15, 0.2) is 16.7 Å². The predicted octanol–water partition coefficient (Wildman–Crippen LogP) is 2.02. The summed E-state index contributed by atoms with van der Waals surface area (Å²) in [6.07, 6.45) is 0. The molecular weight excluding hydrogens is 227 g/mol. The number of hydrogen-bond acceptors (Lipinski definition) is 5. The van der Waals surface area contributed by atoms with E-state index >= 15 is 0 Å². The number of nitrogens with two attached hydrogens (primary N) is 1. The van der Waals surface area contributed by atoms with Gasteiger partial charge in [0.1, 0.15) is 0 Å². The second-order valence-electron chi connectivity index (χ2n) is 2.49. The van der Waals surface area contributed by atoms with Gasteiger partial charge in [-0.25, -0.2) is 0 Å². The molecule has 2 aromatic rings. The Morgan fingerprint density at radius 3 is 2.64 bits per heavy atom. The third kappa shape index (κ3) is 1.64. The van der Waals surface area contributed by atoms with Crippen LogP contribution in [0.2, 0.25) is 10.3 Å². The Bertz CT molecular complexity index is 470. The van der Waals surface area contributed by atoms with Crippen LogP contribution in [0.5, 0.6) is 0 Å². The predicted molar refractivity (Wildman–Crippen MR) is 52.0 cm³/mol.